The Hall–Kier alpha value is -2.29. The van der Waals surface area contributed by atoms with Crippen molar-refractivity contribution in [3.8, 4) is 0 Å². The summed E-state index contributed by atoms with van der Waals surface area (Å²) in [6, 6.07) is 15.0. The van der Waals surface area contributed by atoms with Crippen LogP contribution in [0.4, 0.5) is 11.4 Å². The maximum Gasteiger partial charge on any atom is 0.243 e. The van der Waals surface area contributed by atoms with Crippen LogP contribution in [0.1, 0.15) is 49.8 Å². The third-order valence-electron chi connectivity index (χ3n) is 5.17. The van der Waals surface area contributed by atoms with E-state index in [0.29, 0.717) is 18.5 Å². The first-order valence-electron chi connectivity index (χ1n) is 9.21. The van der Waals surface area contributed by atoms with E-state index in [0.717, 1.165) is 24.1 Å². The van der Waals surface area contributed by atoms with Crippen LogP contribution in [0.25, 0.3) is 0 Å². The van der Waals surface area contributed by atoms with E-state index in [-0.39, 0.29) is 5.91 Å². The third kappa shape index (κ3) is 3.71. The third-order valence-corrected chi connectivity index (χ3v) is 5.17. The normalized spacial score (nSPS) is 16.7. The predicted octanol–water partition coefficient (Wildman–Crippen LogP) is 4.90. The van der Waals surface area contributed by atoms with Gasteiger partial charge < -0.3 is 10.2 Å². The zero-order valence-electron chi connectivity index (χ0n) is 15.7. The zero-order valence-corrected chi connectivity index (χ0v) is 15.7. The van der Waals surface area contributed by atoms with E-state index < -0.39 is 0 Å². The molecule has 0 spiro atoms. The number of hydrogen-bond donors (Lipinski definition) is 1. The highest BCUT2D eigenvalue weighted by Gasteiger charge is 2.25. The highest BCUT2D eigenvalue weighted by Crippen LogP contribution is 2.31. The molecule has 132 valence electrons. The standard InChI is InChI=1S/C22H28N2O/c1-15(2)19-10-7-8-16(3)22(19)23-21(25)14-24-17(4)12-13-18-9-5-6-11-20(18)24/h5-11,15,17H,12-14H2,1-4H3,(H,23,25). The van der Waals surface area contributed by atoms with Gasteiger partial charge in [-0.2, -0.15) is 0 Å². The first-order chi connectivity index (χ1) is 12.0. The van der Waals surface area contributed by atoms with Crippen LogP contribution in [0.2, 0.25) is 0 Å². The molecular weight excluding hydrogens is 308 g/mol. The lowest BCUT2D eigenvalue weighted by atomic mass is 9.96. The van der Waals surface area contributed by atoms with Gasteiger partial charge in [-0.1, -0.05) is 50.2 Å². The minimum atomic E-state index is 0.0553. The van der Waals surface area contributed by atoms with E-state index in [2.05, 4.69) is 80.4 Å². The molecule has 0 aromatic heterocycles. The van der Waals surface area contributed by atoms with E-state index in [9.17, 15) is 4.79 Å². The zero-order chi connectivity index (χ0) is 18.0. The van der Waals surface area contributed by atoms with Gasteiger partial charge in [0.2, 0.25) is 5.91 Å². The molecule has 0 saturated carbocycles. The molecule has 25 heavy (non-hydrogen) atoms. The molecule has 1 aliphatic rings. The Morgan fingerprint density at radius 2 is 1.96 bits per heavy atom. The van der Waals surface area contributed by atoms with E-state index in [1.807, 2.05) is 0 Å². The van der Waals surface area contributed by atoms with E-state index in [1.54, 1.807) is 0 Å². The van der Waals surface area contributed by atoms with Gasteiger partial charge in [0.1, 0.15) is 0 Å². The molecular formula is C22H28N2O. The van der Waals surface area contributed by atoms with Crippen LogP contribution >= 0.6 is 0 Å². The number of nitrogens with zero attached hydrogens (tertiary/aromatic N) is 1. The second-order valence-corrected chi connectivity index (χ2v) is 7.39. The summed E-state index contributed by atoms with van der Waals surface area (Å²) in [4.78, 5) is 15.0. The lowest BCUT2D eigenvalue weighted by molar-refractivity contribution is -0.115. The Kier molecular flexibility index (Phi) is 5.12. The Bertz CT molecular complexity index is 766. The molecule has 1 heterocycles. The van der Waals surface area contributed by atoms with Crippen molar-refractivity contribution >= 4 is 17.3 Å². The number of carbonyl (C=O) groups is 1. The Labute approximate surface area is 151 Å². The van der Waals surface area contributed by atoms with Crippen LogP contribution in [0, 0.1) is 6.92 Å². The summed E-state index contributed by atoms with van der Waals surface area (Å²) in [6.45, 7) is 8.97. The van der Waals surface area contributed by atoms with Crippen molar-refractivity contribution < 1.29 is 4.79 Å². The number of hydrogen-bond acceptors (Lipinski definition) is 2. The molecule has 1 N–H and O–H groups in total. The molecule has 2 aromatic rings. The number of aryl methyl sites for hydroxylation is 2. The van der Waals surface area contributed by atoms with Crippen LogP contribution < -0.4 is 10.2 Å². The average Bonchev–Trinajstić information content (AvgIpc) is 2.59. The maximum atomic E-state index is 12.8. The van der Waals surface area contributed by atoms with Crippen molar-refractivity contribution in [2.75, 3.05) is 16.8 Å². The van der Waals surface area contributed by atoms with Gasteiger partial charge >= 0.3 is 0 Å². The number of nitrogens with one attached hydrogen (secondary N) is 1. The molecule has 0 aliphatic carbocycles. The summed E-state index contributed by atoms with van der Waals surface area (Å²) in [7, 11) is 0. The molecule has 3 nitrogen and oxygen atoms in total. The molecule has 2 aromatic carbocycles. The fourth-order valence-corrected chi connectivity index (χ4v) is 3.68. The van der Waals surface area contributed by atoms with Crippen LogP contribution in [0.15, 0.2) is 42.5 Å². The Morgan fingerprint density at radius 1 is 1.20 bits per heavy atom. The topological polar surface area (TPSA) is 32.3 Å². The second-order valence-electron chi connectivity index (χ2n) is 7.39. The van der Waals surface area contributed by atoms with E-state index >= 15 is 0 Å². The number of carbonyl (C=O) groups excluding carboxylic acids is 1. The number of amides is 1. The first kappa shape index (κ1) is 17.5. The highest BCUT2D eigenvalue weighted by atomic mass is 16.2. The highest BCUT2D eigenvalue weighted by molar-refractivity contribution is 5.95. The molecule has 1 atom stereocenters. The van der Waals surface area contributed by atoms with Crippen LogP contribution in [-0.4, -0.2) is 18.5 Å². The van der Waals surface area contributed by atoms with Crippen LogP contribution in [-0.2, 0) is 11.2 Å². The SMILES string of the molecule is Cc1cccc(C(C)C)c1NC(=O)CN1c2ccccc2CCC1C. The second kappa shape index (κ2) is 7.30. The molecule has 0 saturated heterocycles. The Morgan fingerprint density at radius 3 is 2.72 bits per heavy atom. The lowest BCUT2D eigenvalue weighted by Crippen LogP contribution is -2.42. The average molecular weight is 336 g/mol. The van der Waals surface area contributed by atoms with Gasteiger partial charge in [-0.05, 0) is 55.4 Å². The molecule has 3 heteroatoms. The summed E-state index contributed by atoms with van der Waals surface area (Å²) < 4.78 is 0. The Balaban J connectivity index is 1.80. The number of benzene rings is 2. The molecule has 3 rings (SSSR count). The number of fused-ring (bicyclic) bond motifs is 1. The first-order valence-corrected chi connectivity index (χ1v) is 9.21. The van der Waals surface area contributed by atoms with Crippen molar-refractivity contribution in [3.63, 3.8) is 0 Å². The van der Waals surface area contributed by atoms with Gasteiger partial charge in [0, 0.05) is 17.4 Å². The molecule has 1 amide bonds. The van der Waals surface area contributed by atoms with Crippen molar-refractivity contribution in [3.05, 3.63) is 59.2 Å². The quantitative estimate of drug-likeness (QED) is 0.861. The van der Waals surface area contributed by atoms with Gasteiger partial charge in [0.25, 0.3) is 0 Å². The fraction of sp³-hybridized carbons (Fsp3) is 0.409. The lowest BCUT2D eigenvalue weighted by Gasteiger charge is -2.36. The van der Waals surface area contributed by atoms with Gasteiger partial charge in [-0.3, -0.25) is 4.79 Å². The van der Waals surface area contributed by atoms with Crippen molar-refractivity contribution in [1.82, 2.24) is 0 Å². The minimum Gasteiger partial charge on any atom is -0.359 e. The van der Waals surface area contributed by atoms with E-state index in [1.165, 1.54) is 16.8 Å². The minimum absolute atomic E-state index is 0.0553. The summed E-state index contributed by atoms with van der Waals surface area (Å²) in [5, 5.41) is 3.18. The van der Waals surface area contributed by atoms with Gasteiger partial charge in [0.15, 0.2) is 0 Å². The number of anilines is 2. The maximum absolute atomic E-state index is 12.8. The molecule has 0 radical (unpaired) electrons. The summed E-state index contributed by atoms with van der Waals surface area (Å²) in [5.74, 6) is 0.435. The fourth-order valence-electron chi connectivity index (χ4n) is 3.68. The summed E-state index contributed by atoms with van der Waals surface area (Å²) in [6.07, 6.45) is 2.18. The smallest absolute Gasteiger partial charge is 0.243 e. The van der Waals surface area contributed by atoms with Gasteiger partial charge in [0.05, 0.1) is 6.54 Å². The number of para-hydroxylation sites is 2. The monoisotopic (exact) mass is 336 g/mol. The molecule has 0 fully saturated rings. The largest absolute Gasteiger partial charge is 0.359 e. The summed E-state index contributed by atoms with van der Waals surface area (Å²) in [5.41, 5.74) is 5.82. The van der Waals surface area contributed by atoms with Crippen molar-refractivity contribution in [2.45, 2.75) is 52.5 Å². The van der Waals surface area contributed by atoms with Gasteiger partial charge in [-0.15, -0.1) is 0 Å². The number of rotatable bonds is 4. The predicted molar refractivity (Wildman–Crippen MR) is 105 cm³/mol. The van der Waals surface area contributed by atoms with Gasteiger partial charge in [-0.25, -0.2) is 0 Å². The molecule has 1 unspecified atom stereocenters. The van der Waals surface area contributed by atoms with E-state index in [4.69, 9.17) is 0 Å². The molecule has 1 aliphatic heterocycles. The summed E-state index contributed by atoms with van der Waals surface area (Å²) >= 11 is 0. The van der Waals surface area contributed by atoms with Crippen LogP contribution in [0.5, 0.6) is 0 Å². The van der Waals surface area contributed by atoms with Crippen LogP contribution in [0.3, 0.4) is 0 Å². The molecule has 0 bridgehead atoms. The van der Waals surface area contributed by atoms with Crippen molar-refractivity contribution in [2.24, 2.45) is 0 Å². The van der Waals surface area contributed by atoms with Crippen molar-refractivity contribution in [1.29, 1.82) is 0 Å².